The molecule has 0 saturated heterocycles. The van der Waals surface area contributed by atoms with Gasteiger partial charge in [0.05, 0.1) is 12.8 Å². The third-order valence-corrected chi connectivity index (χ3v) is 4.07. The normalized spacial score (nSPS) is 12.2. The minimum Gasteiger partial charge on any atom is -0.495 e. The van der Waals surface area contributed by atoms with Gasteiger partial charge in [0.15, 0.2) is 11.5 Å². The molecule has 1 aliphatic heterocycles. The molecule has 0 radical (unpaired) electrons. The van der Waals surface area contributed by atoms with Gasteiger partial charge in [-0.15, -0.1) is 0 Å². The summed E-state index contributed by atoms with van der Waals surface area (Å²) in [5, 5.41) is 5.94. The summed E-state index contributed by atoms with van der Waals surface area (Å²) in [5.41, 5.74) is 1.55. The standard InChI is InChI=1S/C20H18N4O4/c1-26-16-5-3-2-4-14(16)24-20(25)15-11-19(22-12-21-15)23-13-6-7-17-18(10-13)28-9-8-27-17/h2-7,10-12H,8-9H2,1H3,(H,24,25)(H,21,22,23). The number of para-hydroxylation sites is 2. The molecular formula is C20H18N4O4. The number of fused-ring (bicyclic) bond motifs is 1. The molecule has 8 heteroatoms. The van der Waals surface area contributed by atoms with E-state index in [2.05, 4.69) is 20.6 Å². The zero-order chi connectivity index (χ0) is 19.3. The quantitative estimate of drug-likeness (QED) is 0.704. The number of anilines is 3. The molecular weight excluding hydrogens is 360 g/mol. The first-order valence-electron chi connectivity index (χ1n) is 8.66. The highest BCUT2D eigenvalue weighted by atomic mass is 16.6. The maximum absolute atomic E-state index is 12.6. The Balaban J connectivity index is 1.50. The van der Waals surface area contributed by atoms with Gasteiger partial charge < -0.3 is 24.8 Å². The van der Waals surface area contributed by atoms with E-state index in [4.69, 9.17) is 14.2 Å². The molecule has 4 rings (SSSR count). The van der Waals surface area contributed by atoms with Crippen LogP contribution in [0.5, 0.6) is 17.2 Å². The summed E-state index contributed by atoms with van der Waals surface area (Å²) in [7, 11) is 1.55. The van der Waals surface area contributed by atoms with E-state index in [0.29, 0.717) is 42.0 Å². The van der Waals surface area contributed by atoms with Crippen molar-refractivity contribution in [3.63, 3.8) is 0 Å². The number of benzene rings is 2. The van der Waals surface area contributed by atoms with Crippen LogP contribution in [0.2, 0.25) is 0 Å². The Bertz CT molecular complexity index is 1010. The van der Waals surface area contributed by atoms with Gasteiger partial charge in [0.25, 0.3) is 5.91 Å². The number of rotatable bonds is 5. The smallest absolute Gasteiger partial charge is 0.274 e. The third-order valence-electron chi connectivity index (χ3n) is 4.07. The molecule has 0 unspecified atom stereocenters. The van der Waals surface area contributed by atoms with Gasteiger partial charge in [0.1, 0.15) is 36.8 Å². The number of hydrogen-bond acceptors (Lipinski definition) is 7. The predicted octanol–water partition coefficient (Wildman–Crippen LogP) is 3.25. The average molecular weight is 378 g/mol. The molecule has 2 N–H and O–H groups in total. The summed E-state index contributed by atoms with van der Waals surface area (Å²) in [5.74, 6) is 2.06. The number of nitrogens with one attached hydrogen (secondary N) is 2. The van der Waals surface area contributed by atoms with Crippen molar-refractivity contribution >= 4 is 23.1 Å². The second kappa shape index (κ2) is 7.83. The lowest BCUT2D eigenvalue weighted by Crippen LogP contribution is -2.15. The summed E-state index contributed by atoms with van der Waals surface area (Å²) < 4.78 is 16.3. The SMILES string of the molecule is COc1ccccc1NC(=O)c1cc(Nc2ccc3c(c2)OCCO3)ncn1. The van der Waals surface area contributed by atoms with Crippen molar-refractivity contribution in [3.8, 4) is 17.2 Å². The fourth-order valence-corrected chi connectivity index (χ4v) is 2.75. The number of nitrogens with zero attached hydrogens (tertiary/aromatic N) is 2. The van der Waals surface area contributed by atoms with Crippen LogP contribution in [0.25, 0.3) is 0 Å². The molecule has 0 saturated carbocycles. The molecule has 142 valence electrons. The van der Waals surface area contributed by atoms with Crippen molar-refractivity contribution in [2.75, 3.05) is 31.0 Å². The first-order chi connectivity index (χ1) is 13.7. The Kier molecular flexibility index (Phi) is 4.92. The predicted molar refractivity (Wildman–Crippen MR) is 104 cm³/mol. The second-order valence-corrected chi connectivity index (χ2v) is 5.93. The number of methoxy groups -OCH3 is 1. The Hall–Kier alpha value is -3.81. The fourth-order valence-electron chi connectivity index (χ4n) is 2.75. The van der Waals surface area contributed by atoms with Crippen LogP contribution in [0.15, 0.2) is 54.9 Å². The Morgan fingerprint density at radius 1 is 1.04 bits per heavy atom. The highest BCUT2D eigenvalue weighted by molar-refractivity contribution is 6.04. The van der Waals surface area contributed by atoms with E-state index in [1.807, 2.05) is 30.3 Å². The van der Waals surface area contributed by atoms with Gasteiger partial charge in [-0.2, -0.15) is 0 Å². The van der Waals surface area contributed by atoms with Gasteiger partial charge in [-0.1, -0.05) is 12.1 Å². The monoisotopic (exact) mass is 378 g/mol. The van der Waals surface area contributed by atoms with Crippen LogP contribution in [0.1, 0.15) is 10.5 Å². The maximum atomic E-state index is 12.6. The minimum atomic E-state index is -0.364. The molecule has 0 atom stereocenters. The van der Waals surface area contributed by atoms with Crippen LogP contribution in [0.3, 0.4) is 0 Å². The minimum absolute atomic E-state index is 0.223. The Morgan fingerprint density at radius 2 is 1.86 bits per heavy atom. The number of amides is 1. The maximum Gasteiger partial charge on any atom is 0.274 e. The molecule has 8 nitrogen and oxygen atoms in total. The van der Waals surface area contributed by atoms with E-state index >= 15 is 0 Å². The molecule has 2 heterocycles. The molecule has 3 aromatic rings. The first-order valence-corrected chi connectivity index (χ1v) is 8.66. The fraction of sp³-hybridized carbons (Fsp3) is 0.150. The lowest BCUT2D eigenvalue weighted by Gasteiger charge is -2.19. The van der Waals surface area contributed by atoms with Gasteiger partial charge in [0.2, 0.25) is 0 Å². The number of carbonyl (C=O) groups excluding carboxylic acids is 1. The van der Waals surface area contributed by atoms with E-state index in [0.717, 1.165) is 5.69 Å². The highest BCUT2D eigenvalue weighted by Gasteiger charge is 2.14. The van der Waals surface area contributed by atoms with E-state index in [1.165, 1.54) is 6.33 Å². The van der Waals surface area contributed by atoms with Crippen molar-refractivity contribution in [2.45, 2.75) is 0 Å². The average Bonchev–Trinajstić information content (AvgIpc) is 2.74. The topological polar surface area (TPSA) is 94.6 Å². The third kappa shape index (κ3) is 3.80. The van der Waals surface area contributed by atoms with Crippen LogP contribution in [0, 0.1) is 0 Å². The van der Waals surface area contributed by atoms with E-state index in [-0.39, 0.29) is 11.6 Å². The van der Waals surface area contributed by atoms with Crippen LogP contribution in [-0.2, 0) is 0 Å². The molecule has 1 aromatic heterocycles. The van der Waals surface area contributed by atoms with Gasteiger partial charge in [-0.05, 0) is 24.3 Å². The molecule has 0 aliphatic carbocycles. The van der Waals surface area contributed by atoms with Crippen molar-refractivity contribution in [2.24, 2.45) is 0 Å². The van der Waals surface area contributed by atoms with Crippen LogP contribution in [0.4, 0.5) is 17.2 Å². The zero-order valence-corrected chi connectivity index (χ0v) is 15.1. The van der Waals surface area contributed by atoms with Crippen molar-refractivity contribution in [1.29, 1.82) is 0 Å². The number of hydrogen-bond donors (Lipinski definition) is 2. The van der Waals surface area contributed by atoms with Crippen LogP contribution in [-0.4, -0.2) is 36.2 Å². The van der Waals surface area contributed by atoms with Gasteiger partial charge in [-0.3, -0.25) is 4.79 Å². The van der Waals surface area contributed by atoms with E-state index < -0.39 is 0 Å². The molecule has 0 bridgehead atoms. The number of aromatic nitrogens is 2. The number of carbonyl (C=O) groups is 1. The van der Waals surface area contributed by atoms with Gasteiger partial charge >= 0.3 is 0 Å². The van der Waals surface area contributed by atoms with E-state index in [1.54, 1.807) is 25.3 Å². The van der Waals surface area contributed by atoms with Crippen molar-refractivity contribution < 1.29 is 19.0 Å². The summed E-state index contributed by atoms with van der Waals surface area (Å²) in [6, 6.07) is 14.2. The largest absolute Gasteiger partial charge is 0.495 e. The van der Waals surface area contributed by atoms with E-state index in [9.17, 15) is 4.79 Å². The highest BCUT2D eigenvalue weighted by Crippen LogP contribution is 2.33. The van der Waals surface area contributed by atoms with Crippen LogP contribution < -0.4 is 24.8 Å². The Morgan fingerprint density at radius 3 is 2.71 bits per heavy atom. The lowest BCUT2D eigenvalue weighted by atomic mass is 10.2. The molecule has 0 fully saturated rings. The summed E-state index contributed by atoms with van der Waals surface area (Å²) in [4.78, 5) is 20.8. The number of ether oxygens (including phenoxy) is 3. The van der Waals surface area contributed by atoms with Gasteiger partial charge in [0, 0.05) is 17.8 Å². The second-order valence-electron chi connectivity index (χ2n) is 5.93. The molecule has 1 aliphatic rings. The summed E-state index contributed by atoms with van der Waals surface area (Å²) in [6.45, 7) is 1.05. The van der Waals surface area contributed by atoms with Crippen LogP contribution >= 0.6 is 0 Å². The zero-order valence-electron chi connectivity index (χ0n) is 15.1. The molecule has 2 aromatic carbocycles. The molecule has 0 spiro atoms. The summed E-state index contributed by atoms with van der Waals surface area (Å²) >= 11 is 0. The van der Waals surface area contributed by atoms with Crippen molar-refractivity contribution in [3.05, 3.63) is 60.6 Å². The molecule has 28 heavy (non-hydrogen) atoms. The van der Waals surface area contributed by atoms with Gasteiger partial charge in [-0.25, -0.2) is 9.97 Å². The lowest BCUT2D eigenvalue weighted by molar-refractivity contribution is 0.102. The summed E-state index contributed by atoms with van der Waals surface area (Å²) in [6.07, 6.45) is 1.33. The molecule has 1 amide bonds. The Labute approximate surface area is 161 Å². The van der Waals surface area contributed by atoms with Crippen molar-refractivity contribution in [1.82, 2.24) is 9.97 Å². The first kappa shape index (κ1) is 17.6.